The highest BCUT2D eigenvalue weighted by Crippen LogP contribution is 2.36. The van der Waals surface area contributed by atoms with Crippen LogP contribution in [0.3, 0.4) is 0 Å². The van der Waals surface area contributed by atoms with E-state index >= 15 is 0 Å². The van der Waals surface area contributed by atoms with Crippen molar-refractivity contribution in [3.05, 3.63) is 88.6 Å². The maximum absolute atomic E-state index is 12.5. The summed E-state index contributed by atoms with van der Waals surface area (Å²) in [6.07, 6.45) is -1.49. The van der Waals surface area contributed by atoms with E-state index in [9.17, 15) is 22.8 Å². The monoisotopic (exact) mass is 594 g/mol. The van der Waals surface area contributed by atoms with Crippen LogP contribution in [0.25, 0.3) is 0 Å². The largest absolute Gasteiger partial charge is 0.437 e. The minimum Gasteiger partial charge on any atom is -0.437 e. The predicted molar refractivity (Wildman–Crippen MR) is 151 cm³/mol. The maximum atomic E-state index is 12.5. The molecule has 1 fully saturated rings. The number of amides is 1. The number of pyridine rings is 1. The standard InChI is InChI=1S/C13H7ClF3NO2.C8H17N3O.C8H10O/c14-10-6-9(13(15,16)17)3-4-11(10)20-12-8(7-19)2-1-5-18-12;1-9-5-8(12)11-4-3-7(6-11)10-2;1-9-7-8-5-3-2-4-6-8/h1-7H;7,9-10H,3-6H2,1-2H3;2-6H,7H2,1H3. The molecule has 0 radical (unpaired) electrons. The Labute approximate surface area is 242 Å². The number of methoxy groups -OCH3 is 1. The van der Waals surface area contributed by atoms with E-state index in [0.29, 0.717) is 25.5 Å². The Morgan fingerprint density at radius 1 is 1.15 bits per heavy atom. The number of hydrogen-bond acceptors (Lipinski definition) is 7. The zero-order chi connectivity index (χ0) is 30.3. The molecule has 1 saturated heterocycles. The average Bonchev–Trinajstić information content (AvgIpc) is 3.45. The Balaban J connectivity index is 0.000000237. The van der Waals surface area contributed by atoms with E-state index in [1.54, 1.807) is 14.2 Å². The fourth-order valence-corrected chi connectivity index (χ4v) is 3.89. The van der Waals surface area contributed by atoms with Gasteiger partial charge in [-0.05, 0) is 56.4 Å². The maximum Gasteiger partial charge on any atom is 0.416 e. The van der Waals surface area contributed by atoms with E-state index in [1.165, 1.54) is 23.9 Å². The molecule has 8 nitrogen and oxygen atoms in total. The van der Waals surface area contributed by atoms with Gasteiger partial charge in [0.15, 0.2) is 6.29 Å². The number of rotatable bonds is 8. The van der Waals surface area contributed by atoms with Crippen molar-refractivity contribution in [2.24, 2.45) is 0 Å². The first-order valence-electron chi connectivity index (χ1n) is 12.7. The van der Waals surface area contributed by atoms with Crippen molar-refractivity contribution in [1.29, 1.82) is 0 Å². The topological polar surface area (TPSA) is 92.8 Å². The summed E-state index contributed by atoms with van der Waals surface area (Å²) in [5.74, 6) is 0.167. The van der Waals surface area contributed by atoms with Gasteiger partial charge in [-0.15, -0.1) is 0 Å². The van der Waals surface area contributed by atoms with E-state index in [-0.39, 0.29) is 28.1 Å². The van der Waals surface area contributed by atoms with Crippen LogP contribution in [-0.2, 0) is 22.3 Å². The van der Waals surface area contributed by atoms with Crippen molar-refractivity contribution in [3.8, 4) is 11.6 Å². The van der Waals surface area contributed by atoms with E-state index in [2.05, 4.69) is 15.6 Å². The van der Waals surface area contributed by atoms with E-state index in [0.717, 1.165) is 37.7 Å². The first kappa shape index (κ1) is 33.7. The van der Waals surface area contributed by atoms with Crippen LogP contribution >= 0.6 is 11.6 Å². The van der Waals surface area contributed by atoms with Crippen LogP contribution < -0.4 is 15.4 Å². The molecule has 1 aliphatic heterocycles. The molecule has 0 saturated carbocycles. The molecule has 12 heteroatoms. The predicted octanol–water partition coefficient (Wildman–Crippen LogP) is 5.22. The van der Waals surface area contributed by atoms with Gasteiger partial charge in [0.1, 0.15) is 5.75 Å². The third kappa shape index (κ3) is 11.5. The molecule has 1 atom stereocenters. The SMILES string of the molecule is CNCC(=O)N1CCC(NC)C1.COCc1ccccc1.O=Cc1cccnc1Oc1ccc(C(F)(F)F)cc1Cl. The lowest BCUT2D eigenvalue weighted by molar-refractivity contribution is -0.137. The zero-order valence-electron chi connectivity index (χ0n) is 23.1. The van der Waals surface area contributed by atoms with E-state index in [1.807, 2.05) is 42.3 Å². The van der Waals surface area contributed by atoms with Crippen LogP contribution in [0.5, 0.6) is 11.6 Å². The van der Waals surface area contributed by atoms with Gasteiger partial charge < -0.3 is 25.0 Å². The van der Waals surface area contributed by atoms with Crippen molar-refractivity contribution in [2.45, 2.75) is 25.2 Å². The molecule has 4 rings (SSSR count). The number of nitrogens with one attached hydrogen (secondary N) is 2. The molecule has 41 heavy (non-hydrogen) atoms. The molecular formula is C29H34ClF3N4O4. The van der Waals surface area contributed by atoms with Gasteiger partial charge in [0.25, 0.3) is 0 Å². The smallest absolute Gasteiger partial charge is 0.416 e. The summed E-state index contributed by atoms with van der Waals surface area (Å²) >= 11 is 5.74. The van der Waals surface area contributed by atoms with Gasteiger partial charge in [0.2, 0.25) is 11.8 Å². The molecule has 1 unspecified atom stereocenters. The van der Waals surface area contributed by atoms with Crippen molar-refractivity contribution in [1.82, 2.24) is 20.5 Å². The Kier molecular flexibility index (Phi) is 14.2. The van der Waals surface area contributed by atoms with Crippen LogP contribution in [0, 0.1) is 0 Å². The average molecular weight is 595 g/mol. The molecule has 1 aliphatic rings. The zero-order valence-corrected chi connectivity index (χ0v) is 23.8. The van der Waals surface area contributed by atoms with Crippen LogP contribution in [0.1, 0.15) is 27.9 Å². The molecule has 2 heterocycles. The quantitative estimate of drug-likeness (QED) is 0.346. The van der Waals surface area contributed by atoms with E-state index < -0.39 is 11.7 Å². The number of aromatic nitrogens is 1. The second kappa shape index (κ2) is 17.3. The number of alkyl halides is 3. The van der Waals surface area contributed by atoms with Gasteiger partial charge in [0, 0.05) is 32.4 Å². The summed E-state index contributed by atoms with van der Waals surface area (Å²) in [6, 6.07) is 16.3. The summed E-state index contributed by atoms with van der Waals surface area (Å²) in [6.45, 7) is 2.92. The highest BCUT2D eigenvalue weighted by Gasteiger charge is 2.31. The van der Waals surface area contributed by atoms with Gasteiger partial charge >= 0.3 is 6.18 Å². The summed E-state index contributed by atoms with van der Waals surface area (Å²) in [5.41, 5.74) is 0.509. The number of benzene rings is 2. The van der Waals surface area contributed by atoms with Gasteiger partial charge in [0.05, 0.1) is 29.3 Å². The molecule has 1 amide bonds. The van der Waals surface area contributed by atoms with Crippen LogP contribution in [0.15, 0.2) is 66.9 Å². The first-order valence-corrected chi connectivity index (χ1v) is 13.1. The fraction of sp³-hybridized carbons (Fsp3) is 0.345. The first-order chi connectivity index (χ1) is 19.6. The highest BCUT2D eigenvalue weighted by molar-refractivity contribution is 6.32. The lowest BCUT2D eigenvalue weighted by Crippen LogP contribution is -2.37. The van der Waals surface area contributed by atoms with Crippen molar-refractivity contribution >= 4 is 23.8 Å². The number of carbonyl (C=O) groups excluding carboxylic acids is 2. The second-order valence-electron chi connectivity index (χ2n) is 8.82. The highest BCUT2D eigenvalue weighted by atomic mass is 35.5. The molecule has 222 valence electrons. The third-order valence-electron chi connectivity index (χ3n) is 5.82. The number of halogens is 4. The van der Waals surface area contributed by atoms with Gasteiger partial charge in [-0.3, -0.25) is 9.59 Å². The fourth-order valence-electron chi connectivity index (χ4n) is 3.67. The van der Waals surface area contributed by atoms with Crippen LogP contribution in [0.2, 0.25) is 5.02 Å². The van der Waals surface area contributed by atoms with Gasteiger partial charge in [-0.25, -0.2) is 4.98 Å². The summed E-state index contributed by atoms with van der Waals surface area (Å²) in [7, 11) is 5.44. The van der Waals surface area contributed by atoms with Crippen molar-refractivity contribution in [3.63, 3.8) is 0 Å². The Bertz CT molecular complexity index is 1230. The summed E-state index contributed by atoms with van der Waals surface area (Å²) < 4.78 is 47.6. The lowest BCUT2D eigenvalue weighted by atomic mass is 10.2. The second-order valence-corrected chi connectivity index (χ2v) is 9.23. The molecule has 2 aromatic carbocycles. The molecular weight excluding hydrogens is 561 g/mol. The minimum atomic E-state index is -4.48. The number of aldehydes is 1. The molecule has 0 aliphatic carbocycles. The normalized spacial score (nSPS) is 14.3. The molecule has 0 spiro atoms. The number of nitrogens with zero attached hydrogens (tertiary/aromatic N) is 2. The van der Waals surface area contributed by atoms with Crippen LogP contribution in [0.4, 0.5) is 13.2 Å². The Hall–Kier alpha value is -3.51. The number of likely N-dealkylation sites (tertiary alicyclic amines) is 1. The number of likely N-dealkylation sites (N-methyl/N-ethyl adjacent to an activating group) is 2. The number of ether oxygens (including phenoxy) is 2. The Morgan fingerprint density at radius 2 is 1.88 bits per heavy atom. The summed E-state index contributed by atoms with van der Waals surface area (Å²) in [4.78, 5) is 27.9. The third-order valence-corrected chi connectivity index (χ3v) is 6.12. The van der Waals surface area contributed by atoms with Crippen molar-refractivity contribution < 1.29 is 32.2 Å². The number of carbonyl (C=O) groups is 2. The molecule has 3 aromatic rings. The van der Waals surface area contributed by atoms with Gasteiger partial charge in [-0.1, -0.05) is 41.9 Å². The van der Waals surface area contributed by atoms with E-state index in [4.69, 9.17) is 21.1 Å². The van der Waals surface area contributed by atoms with Crippen LogP contribution in [-0.4, -0.2) is 69.0 Å². The molecule has 2 N–H and O–H groups in total. The number of hydrogen-bond donors (Lipinski definition) is 2. The minimum absolute atomic E-state index is 0.0125. The summed E-state index contributed by atoms with van der Waals surface area (Å²) in [5, 5.41) is 5.82. The van der Waals surface area contributed by atoms with Crippen molar-refractivity contribution in [2.75, 3.05) is 40.8 Å². The molecule has 1 aromatic heterocycles. The van der Waals surface area contributed by atoms with Gasteiger partial charge in [-0.2, -0.15) is 13.2 Å². The molecule has 0 bridgehead atoms. The lowest BCUT2D eigenvalue weighted by Gasteiger charge is -2.15. The Morgan fingerprint density at radius 3 is 2.44 bits per heavy atom.